The molecule has 2 atom stereocenters. The van der Waals surface area contributed by atoms with Crippen molar-refractivity contribution in [2.75, 3.05) is 19.8 Å². The highest BCUT2D eigenvalue weighted by Crippen LogP contribution is 2.32. The first-order valence-electron chi connectivity index (χ1n) is 10.8. The van der Waals surface area contributed by atoms with E-state index in [4.69, 9.17) is 14.2 Å². The number of rotatable bonds is 10. The molecule has 0 saturated carbocycles. The van der Waals surface area contributed by atoms with Gasteiger partial charge in [0.2, 0.25) is 10.0 Å². The number of fused-ring (bicyclic) bond motifs is 1. The lowest BCUT2D eigenvalue weighted by atomic mass is 10.1. The van der Waals surface area contributed by atoms with Crippen LogP contribution in [-0.2, 0) is 24.3 Å². The largest absolute Gasteiger partial charge is 0.486 e. The van der Waals surface area contributed by atoms with Gasteiger partial charge >= 0.3 is 5.97 Å². The molecule has 0 aromatic heterocycles. The normalized spacial score (nSPS) is 14.7. The third-order valence-corrected chi connectivity index (χ3v) is 6.54. The molecule has 0 spiro atoms. The van der Waals surface area contributed by atoms with Crippen LogP contribution in [0.1, 0.15) is 38.3 Å². The molecule has 1 aliphatic rings. The summed E-state index contributed by atoms with van der Waals surface area (Å²) in [5.74, 6) is -0.657. The van der Waals surface area contributed by atoms with E-state index in [1.165, 1.54) is 37.3 Å². The number of benzene rings is 2. The van der Waals surface area contributed by atoms with Gasteiger partial charge in [-0.1, -0.05) is 12.1 Å². The maximum Gasteiger partial charge on any atom is 0.306 e. The van der Waals surface area contributed by atoms with Crippen LogP contribution in [0.4, 0.5) is 4.39 Å². The van der Waals surface area contributed by atoms with E-state index in [2.05, 4.69) is 10.0 Å². The second-order valence-corrected chi connectivity index (χ2v) is 9.49. The molecular formula is C23H27FN2O7S. The lowest BCUT2D eigenvalue weighted by molar-refractivity contribution is -0.155. The van der Waals surface area contributed by atoms with Gasteiger partial charge < -0.3 is 19.5 Å². The van der Waals surface area contributed by atoms with Crippen molar-refractivity contribution < 1.29 is 36.6 Å². The quantitative estimate of drug-likeness (QED) is 0.385. The van der Waals surface area contributed by atoms with Gasteiger partial charge in [-0.3, -0.25) is 9.59 Å². The minimum Gasteiger partial charge on any atom is -0.486 e. The number of hydrogen-bond donors (Lipinski definition) is 2. The Balaban J connectivity index is 1.40. The first kappa shape index (κ1) is 25.4. The molecule has 3 rings (SSSR count). The van der Waals surface area contributed by atoms with Crippen LogP contribution < -0.4 is 19.5 Å². The summed E-state index contributed by atoms with van der Waals surface area (Å²) in [5, 5.41) is 2.70. The van der Waals surface area contributed by atoms with Gasteiger partial charge in [-0.15, -0.1) is 0 Å². The predicted molar refractivity (Wildman–Crippen MR) is 120 cm³/mol. The summed E-state index contributed by atoms with van der Waals surface area (Å²) in [5.41, 5.74) is 0.707. The van der Waals surface area contributed by atoms with Crippen molar-refractivity contribution in [1.29, 1.82) is 0 Å². The van der Waals surface area contributed by atoms with Crippen molar-refractivity contribution in [3.63, 3.8) is 0 Å². The zero-order valence-corrected chi connectivity index (χ0v) is 19.7. The number of esters is 1. The number of halogens is 1. The number of carbonyl (C=O) groups is 2. The van der Waals surface area contributed by atoms with Crippen LogP contribution in [-0.4, -0.2) is 46.2 Å². The summed E-state index contributed by atoms with van der Waals surface area (Å²) < 4.78 is 56.3. The summed E-state index contributed by atoms with van der Waals surface area (Å²) in [6.45, 7) is 3.92. The smallest absolute Gasteiger partial charge is 0.306 e. The number of hydrogen-bond acceptors (Lipinski definition) is 7. The van der Waals surface area contributed by atoms with Crippen LogP contribution in [0.2, 0.25) is 0 Å². The average Bonchev–Trinajstić information content (AvgIpc) is 2.81. The molecule has 0 radical (unpaired) electrons. The van der Waals surface area contributed by atoms with Crippen molar-refractivity contribution in [2.45, 2.75) is 43.7 Å². The van der Waals surface area contributed by atoms with Gasteiger partial charge in [-0.25, -0.2) is 17.5 Å². The third-order valence-electron chi connectivity index (χ3n) is 5.08. The van der Waals surface area contributed by atoms with Crippen LogP contribution in [0, 0.1) is 5.82 Å². The lowest BCUT2D eigenvalue weighted by Crippen LogP contribution is -2.37. The van der Waals surface area contributed by atoms with Gasteiger partial charge in [0.15, 0.2) is 17.6 Å². The maximum atomic E-state index is 13.0. The molecule has 1 aliphatic heterocycles. The highest BCUT2D eigenvalue weighted by Gasteiger charge is 2.21. The summed E-state index contributed by atoms with van der Waals surface area (Å²) in [7, 11) is -3.80. The van der Waals surface area contributed by atoms with E-state index >= 15 is 0 Å². The fourth-order valence-corrected chi connectivity index (χ4v) is 4.28. The van der Waals surface area contributed by atoms with Crippen molar-refractivity contribution in [3.05, 3.63) is 53.8 Å². The maximum absolute atomic E-state index is 13.0. The third kappa shape index (κ3) is 6.91. The molecule has 1 amide bonds. The molecule has 0 aliphatic carbocycles. The zero-order valence-electron chi connectivity index (χ0n) is 18.9. The van der Waals surface area contributed by atoms with Gasteiger partial charge in [-0.2, -0.15) is 0 Å². The van der Waals surface area contributed by atoms with Crippen LogP contribution in [0.25, 0.3) is 0 Å². The van der Waals surface area contributed by atoms with E-state index in [-0.39, 0.29) is 30.1 Å². The summed E-state index contributed by atoms with van der Waals surface area (Å²) in [6, 6.07) is 9.64. The van der Waals surface area contributed by atoms with Crippen LogP contribution >= 0.6 is 0 Å². The van der Waals surface area contributed by atoms with E-state index < -0.39 is 34.0 Å². The van der Waals surface area contributed by atoms with Crippen molar-refractivity contribution in [1.82, 2.24) is 10.0 Å². The number of ether oxygens (including phenoxy) is 3. The Bertz CT molecular complexity index is 1120. The van der Waals surface area contributed by atoms with Gasteiger partial charge in [-0.05, 0) is 50.1 Å². The van der Waals surface area contributed by atoms with Crippen molar-refractivity contribution >= 4 is 21.9 Å². The summed E-state index contributed by atoms with van der Waals surface area (Å²) >= 11 is 0. The van der Waals surface area contributed by atoms with E-state index in [0.717, 1.165) is 0 Å². The monoisotopic (exact) mass is 494 g/mol. The highest BCUT2D eigenvalue weighted by molar-refractivity contribution is 7.89. The predicted octanol–water partition coefficient (Wildman–Crippen LogP) is 2.46. The Labute approximate surface area is 197 Å². The first-order valence-corrected chi connectivity index (χ1v) is 12.3. The Morgan fingerprint density at radius 1 is 1.06 bits per heavy atom. The SMILES string of the molecule is CC(OC(=O)CCCNS(=O)(=O)c1ccc2c(c1)OCCO2)C(=O)NC(C)c1ccc(F)cc1. The number of amides is 1. The van der Waals surface area contributed by atoms with Crippen LogP contribution in [0.5, 0.6) is 11.5 Å². The fourth-order valence-electron chi connectivity index (χ4n) is 3.19. The highest BCUT2D eigenvalue weighted by atomic mass is 32.2. The Morgan fingerprint density at radius 2 is 1.74 bits per heavy atom. The van der Waals surface area contributed by atoms with Crippen LogP contribution in [0.15, 0.2) is 47.4 Å². The fraction of sp³-hybridized carbons (Fsp3) is 0.391. The molecule has 0 bridgehead atoms. The second kappa shape index (κ2) is 11.3. The second-order valence-electron chi connectivity index (χ2n) is 7.72. The minimum absolute atomic E-state index is 0.00799. The van der Waals surface area contributed by atoms with Gasteiger partial charge in [0.25, 0.3) is 5.91 Å². The minimum atomic E-state index is -3.80. The Morgan fingerprint density at radius 3 is 2.44 bits per heavy atom. The lowest BCUT2D eigenvalue weighted by Gasteiger charge is -2.19. The molecule has 2 N–H and O–H groups in total. The zero-order chi connectivity index (χ0) is 24.7. The van der Waals surface area contributed by atoms with E-state index in [9.17, 15) is 22.4 Å². The molecule has 2 aromatic rings. The summed E-state index contributed by atoms with van der Waals surface area (Å²) in [6.07, 6.45) is -0.928. The topological polar surface area (TPSA) is 120 Å². The molecule has 34 heavy (non-hydrogen) atoms. The Hall–Kier alpha value is -3.18. The Kier molecular flexibility index (Phi) is 8.46. The van der Waals surface area contributed by atoms with E-state index in [1.807, 2.05) is 0 Å². The standard InChI is InChI=1S/C23H27FN2O7S/c1-15(17-5-7-18(24)8-6-17)26-23(28)16(2)33-22(27)4-3-11-25-34(29,30)19-9-10-20-21(14-19)32-13-12-31-20/h5-10,14-16,25H,3-4,11-13H2,1-2H3,(H,26,28). The van der Waals surface area contributed by atoms with Gasteiger partial charge in [0.1, 0.15) is 19.0 Å². The molecule has 2 aromatic carbocycles. The van der Waals surface area contributed by atoms with E-state index in [1.54, 1.807) is 19.1 Å². The average molecular weight is 495 g/mol. The number of nitrogens with one attached hydrogen (secondary N) is 2. The number of sulfonamides is 1. The molecule has 184 valence electrons. The molecule has 0 fully saturated rings. The van der Waals surface area contributed by atoms with E-state index in [0.29, 0.717) is 30.3 Å². The van der Waals surface area contributed by atoms with Crippen molar-refractivity contribution in [2.24, 2.45) is 0 Å². The first-order chi connectivity index (χ1) is 16.2. The molecule has 0 saturated heterocycles. The molecule has 9 nitrogen and oxygen atoms in total. The van der Waals surface area contributed by atoms with Gasteiger partial charge in [0, 0.05) is 19.0 Å². The molecule has 1 heterocycles. The summed E-state index contributed by atoms with van der Waals surface area (Å²) in [4.78, 5) is 24.4. The molecule has 11 heteroatoms. The van der Waals surface area contributed by atoms with Crippen LogP contribution in [0.3, 0.4) is 0 Å². The number of carbonyl (C=O) groups excluding carboxylic acids is 2. The molecular weight excluding hydrogens is 467 g/mol. The van der Waals surface area contributed by atoms with Gasteiger partial charge in [0.05, 0.1) is 10.9 Å². The molecule has 2 unspecified atom stereocenters. The van der Waals surface area contributed by atoms with Crippen molar-refractivity contribution in [3.8, 4) is 11.5 Å².